The molecular weight excluding hydrogens is 248 g/mol. The van der Waals surface area contributed by atoms with Crippen LogP contribution in [0.4, 0.5) is 0 Å². The molecule has 5 unspecified atom stereocenters. The van der Waals surface area contributed by atoms with Gasteiger partial charge in [0.15, 0.2) is 0 Å². The molecule has 2 aliphatic rings. The first-order valence-electron chi connectivity index (χ1n) is 8.76. The molecule has 2 heterocycles. The second kappa shape index (κ2) is 7.77. The Labute approximate surface area is 125 Å². The summed E-state index contributed by atoms with van der Waals surface area (Å²) in [6.45, 7) is 14.0. The molecule has 0 amide bonds. The molecule has 1 N–H and O–H groups in total. The van der Waals surface area contributed by atoms with Gasteiger partial charge in [0.1, 0.15) is 0 Å². The predicted molar refractivity (Wildman–Crippen MR) is 85.0 cm³/mol. The van der Waals surface area contributed by atoms with Gasteiger partial charge in [-0.3, -0.25) is 4.90 Å². The van der Waals surface area contributed by atoms with Crippen molar-refractivity contribution in [1.29, 1.82) is 0 Å². The van der Waals surface area contributed by atoms with Crippen LogP contribution < -0.4 is 5.32 Å². The highest BCUT2D eigenvalue weighted by Crippen LogP contribution is 2.29. The highest BCUT2D eigenvalue weighted by molar-refractivity contribution is 4.90. The van der Waals surface area contributed by atoms with Gasteiger partial charge < -0.3 is 10.1 Å². The maximum atomic E-state index is 5.85. The van der Waals surface area contributed by atoms with Gasteiger partial charge in [-0.15, -0.1) is 0 Å². The maximum Gasteiger partial charge on any atom is 0.0613 e. The van der Waals surface area contributed by atoms with Gasteiger partial charge >= 0.3 is 0 Å². The van der Waals surface area contributed by atoms with Crippen LogP contribution >= 0.6 is 0 Å². The van der Waals surface area contributed by atoms with E-state index in [1.54, 1.807) is 0 Å². The molecule has 2 aliphatic heterocycles. The molecule has 3 nitrogen and oxygen atoms in total. The Morgan fingerprint density at radius 3 is 2.70 bits per heavy atom. The zero-order valence-corrected chi connectivity index (χ0v) is 13.9. The molecule has 3 heteroatoms. The van der Waals surface area contributed by atoms with Crippen molar-refractivity contribution in [1.82, 2.24) is 10.2 Å². The lowest BCUT2D eigenvalue weighted by Gasteiger charge is -2.44. The lowest BCUT2D eigenvalue weighted by Crippen LogP contribution is -2.54. The highest BCUT2D eigenvalue weighted by atomic mass is 16.5. The van der Waals surface area contributed by atoms with Crippen molar-refractivity contribution in [3.8, 4) is 0 Å². The summed E-state index contributed by atoms with van der Waals surface area (Å²) in [7, 11) is 0. The van der Waals surface area contributed by atoms with Crippen LogP contribution in [0.3, 0.4) is 0 Å². The minimum Gasteiger partial charge on any atom is -0.378 e. The van der Waals surface area contributed by atoms with E-state index in [9.17, 15) is 0 Å². The first-order valence-corrected chi connectivity index (χ1v) is 8.76. The van der Waals surface area contributed by atoms with E-state index in [2.05, 4.69) is 37.9 Å². The fraction of sp³-hybridized carbons (Fsp3) is 1.00. The number of hydrogen-bond acceptors (Lipinski definition) is 3. The number of ether oxygens (including phenoxy) is 1. The van der Waals surface area contributed by atoms with Crippen molar-refractivity contribution >= 4 is 0 Å². The molecular formula is C17H34N2O. The van der Waals surface area contributed by atoms with Crippen molar-refractivity contribution in [3.05, 3.63) is 0 Å². The molecule has 0 spiro atoms. The lowest BCUT2D eigenvalue weighted by molar-refractivity contribution is 0.0404. The summed E-state index contributed by atoms with van der Waals surface area (Å²) in [5.41, 5.74) is 0. The molecule has 2 fully saturated rings. The zero-order chi connectivity index (χ0) is 14.5. The average molecular weight is 282 g/mol. The predicted octanol–water partition coefficient (Wildman–Crippen LogP) is 2.90. The Bertz CT molecular complexity index is 284. The van der Waals surface area contributed by atoms with E-state index in [0.29, 0.717) is 18.2 Å². The Hall–Kier alpha value is -0.120. The van der Waals surface area contributed by atoms with Crippen LogP contribution in [0.25, 0.3) is 0 Å². The summed E-state index contributed by atoms with van der Waals surface area (Å²) in [6.07, 6.45) is 5.47. The molecule has 0 aromatic heterocycles. The number of nitrogens with one attached hydrogen (secondary N) is 1. The first-order chi connectivity index (χ1) is 9.67. The third kappa shape index (κ3) is 3.75. The van der Waals surface area contributed by atoms with Crippen LogP contribution in [0.5, 0.6) is 0 Å². The summed E-state index contributed by atoms with van der Waals surface area (Å²) >= 11 is 0. The smallest absolute Gasteiger partial charge is 0.0613 e. The molecule has 118 valence electrons. The van der Waals surface area contributed by atoms with Gasteiger partial charge in [0.25, 0.3) is 0 Å². The van der Waals surface area contributed by atoms with E-state index in [0.717, 1.165) is 25.0 Å². The van der Waals surface area contributed by atoms with Gasteiger partial charge in [0.05, 0.1) is 6.10 Å². The minimum atomic E-state index is 0.508. The Morgan fingerprint density at radius 2 is 2.00 bits per heavy atom. The highest BCUT2D eigenvalue weighted by Gasteiger charge is 2.35. The van der Waals surface area contributed by atoms with Crippen molar-refractivity contribution < 1.29 is 4.74 Å². The number of rotatable bonds is 6. The summed E-state index contributed by atoms with van der Waals surface area (Å²) in [5, 5.41) is 3.73. The van der Waals surface area contributed by atoms with E-state index in [1.165, 1.54) is 38.8 Å². The lowest BCUT2D eigenvalue weighted by atomic mass is 9.85. The van der Waals surface area contributed by atoms with Crippen molar-refractivity contribution in [2.24, 2.45) is 11.8 Å². The van der Waals surface area contributed by atoms with Crippen molar-refractivity contribution in [2.45, 2.75) is 71.6 Å². The standard InChI is InChI=1S/C17H34N2O/c1-5-9-18-16-7-10-19(14(4)13(16)3)12-15-8-11-20-17(15)6-2/h13-18H,5-12H2,1-4H3. The van der Waals surface area contributed by atoms with Crippen LogP contribution in [-0.4, -0.2) is 49.3 Å². The molecule has 0 aromatic carbocycles. The Kier molecular flexibility index (Phi) is 6.31. The zero-order valence-electron chi connectivity index (χ0n) is 13.9. The third-order valence-electron chi connectivity index (χ3n) is 5.57. The quantitative estimate of drug-likeness (QED) is 0.811. The van der Waals surface area contributed by atoms with Crippen LogP contribution in [0.1, 0.15) is 53.4 Å². The SMILES string of the molecule is CCCNC1CCN(CC2CCOC2CC)C(C)C1C. The first kappa shape index (κ1) is 16.3. The van der Waals surface area contributed by atoms with Crippen LogP contribution in [0.2, 0.25) is 0 Å². The normalized spacial score (nSPS) is 39.3. The van der Waals surface area contributed by atoms with Crippen LogP contribution in [0, 0.1) is 11.8 Å². The molecule has 0 aliphatic carbocycles. The van der Waals surface area contributed by atoms with Gasteiger partial charge in [-0.05, 0) is 57.5 Å². The van der Waals surface area contributed by atoms with Gasteiger partial charge in [-0.2, -0.15) is 0 Å². The number of nitrogens with zero attached hydrogens (tertiary/aromatic N) is 1. The molecule has 5 atom stereocenters. The molecule has 0 saturated carbocycles. The topological polar surface area (TPSA) is 24.5 Å². The van der Waals surface area contributed by atoms with E-state index in [-0.39, 0.29) is 0 Å². The average Bonchev–Trinajstić information content (AvgIpc) is 2.90. The summed E-state index contributed by atoms with van der Waals surface area (Å²) in [6, 6.07) is 1.40. The second-order valence-electron chi connectivity index (χ2n) is 6.81. The van der Waals surface area contributed by atoms with E-state index in [1.807, 2.05) is 0 Å². The molecule has 2 rings (SSSR count). The minimum absolute atomic E-state index is 0.508. The molecule has 0 radical (unpaired) electrons. The third-order valence-corrected chi connectivity index (χ3v) is 5.57. The molecule has 0 aromatic rings. The molecule has 2 saturated heterocycles. The number of hydrogen-bond donors (Lipinski definition) is 1. The summed E-state index contributed by atoms with van der Waals surface area (Å²) in [5.74, 6) is 1.51. The fourth-order valence-corrected chi connectivity index (χ4v) is 3.97. The van der Waals surface area contributed by atoms with Crippen molar-refractivity contribution in [3.63, 3.8) is 0 Å². The monoisotopic (exact) mass is 282 g/mol. The number of likely N-dealkylation sites (tertiary alicyclic amines) is 1. The fourth-order valence-electron chi connectivity index (χ4n) is 3.97. The van der Waals surface area contributed by atoms with Gasteiger partial charge in [0.2, 0.25) is 0 Å². The van der Waals surface area contributed by atoms with E-state index >= 15 is 0 Å². The Balaban J connectivity index is 1.85. The molecule has 0 bridgehead atoms. The largest absolute Gasteiger partial charge is 0.378 e. The van der Waals surface area contributed by atoms with Gasteiger partial charge in [0, 0.05) is 25.2 Å². The van der Waals surface area contributed by atoms with Crippen LogP contribution in [0.15, 0.2) is 0 Å². The van der Waals surface area contributed by atoms with E-state index < -0.39 is 0 Å². The summed E-state index contributed by atoms with van der Waals surface area (Å²) < 4.78 is 5.85. The van der Waals surface area contributed by atoms with Crippen molar-refractivity contribution in [2.75, 3.05) is 26.2 Å². The maximum absolute atomic E-state index is 5.85. The summed E-state index contributed by atoms with van der Waals surface area (Å²) in [4.78, 5) is 2.72. The van der Waals surface area contributed by atoms with Gasteiger partial charge in [-0.25, -0.2) is 0 Å². The number of piperidine rings is 1. The molecule has 20 heavy (non-hydrogen) atoms. The van der Waals surface area contributed by atoms with E-state index in [4.69, 9.17) is 4.74 Å². The van der Waals surface area contributed by atoms with Gasteiger partial charge in [-0.1, -0.05) is 20.8 Å². The Morgan fingerprint density at radius 1 is 1.20 bits per heavy atom. The second-order valence-corrected chi connectivity index (χ2v) is 6.81. The van der Waals surface area contributed by atoms with Crippen LogP contribution in [-0.2, 0) is 4.74 Å².